The van der Waals surface area contributed by atoms with Crippen LogP contribution in [0.4, 0.5) is 0 Å². The number of benzene rings is 2. The molecule has 4 rings (SSSR count). The number of hydrogen-bond acceptors (Lipinski definition) is 4. The van der Waals surface area contributed by atoms with Crippen molar-refractivity contribution in [2.75, 3.05) is 25.0 Å². The van der Waals surface area contributed by atoms with Gasteiger partial charge in [-0.3, -0.25) is 0 Å². The fraction of sp³-hybridized carbons (Fsp3) is 0.739. The summed E-state index contributed by atoms with van der Waals surface area (Å²) < 4.78 is 0. The minimum Gasteiger partial charge on any atom is -0.129 e. The first-order chi connectivity index (χ1) is 24.0. The summed E-state index contributed by atoms with van der Waals surface area (Å²) in [5.74, 6) is 6.49. The van der Waals surface area contributed by atoms with Gasteiger partial charge < -0.3 is 0 Å². The first-order valence-corrected chi connectivity index (χ1v) is 25.4. The van der Waals surface area contributed by atoms with Gasteiger partial charge in [0.05, 0.1) is 0 Å². The van der Waals surface area contributed by atoms with Gasteiger partial charge in [-0.15, -0.1) is 47.0 Å². The zero-order valence-corrected chi connectivity index (χ0v) is 37.7. The fourth-order valence-electron chi connectivity index (χ4n) is 9.23. The van der Waals surface area contributed by atoms with E-state index in [1.54, 1.807) is 41.8 Å². The number of thioether (sulfide) groups is 4. The smallest absolute Gasteiger partial charge is 0.0118 e. The third-order valence-corrected chi connectivity index (χ3v) is 15.2. The second-order valence-electron chi connectivity index (χ2n) is 16.6. The molecule has 0 spiro atoms. The van der Waals surface area contributed by atoms with Crippen LogP contribution in [0, 0.1) is 35.5 Å². The van der Waals surface area contributed by atoms with E-state index in [1.807, 2.05) is 47.0 Å². The van der Waals surface area contributed by atoms with Crippen molar-refractivity contribution >= 4 is 47.0 Å². The van der Waals surface area contributed by atoms with Crippen LogP contribution in [0.25, 0.3) is 0 Å². The molecule has 0 heterocycles. The molecule has 0 aliphatic heterocycles. The Labute approximate surface area is 328 Å². The first-order valence-electron chi connectivity index (χ1n) is 20.5. The molecule has 2 aliphatic carbocycles. The van der Waals surface area contributed by atoms with Crippen LogP contribution >= 0.6 is 47.0 Å². The van der Waals surface area contributed by atoms with Crippen LogP contribution in [0.1, 0.15) is 167 Å². The zero-order chi connectivity index (χ0) is 36.8. The maximum absolute atomic E-state index is 2.52. The molecule has 2 aromatic rings. The Morgan fingerprint density at radius 3 is 1.10 bits per heavy atom. The van der Waals surface area contributed by atoms with Crippen LogP contribution in [-0.2, 0) is 12.8 Å². The van der Waals surface area contributed by atoms with Crippen LogP contribution in [-0.4, -0.2) is 25.0 Å². The lowest BCUT2D eigenvalue weighted by Gasteiger charge is -2.39. The van der Waals surface area contributed by atoms with Crippen molar-refractivity contribution in [1.29, 1.82) is 0 Å². The summed E-state index contributed by atoms with van der Waals surface area (Å²) in [5, 5.41) is 0. The minimum atomic E-state index is 0.748. The molecule has 2 aliphatic rings. The molecule has 284 valence electrons. The van der Waals surface area contributed by atoms with Gasteiger partial charge in [0.1, 0.15) is 0 Å². The standard InChI is InChI=1S/2C23H38S2/c2*1-7-8-9-10-18-14-21(24-5)23(22(15-18)25-6)20-13-17(4)11-12-19(20)16(2)3/h2*14-17,19-20H,7-13H2,1-6H3/t17-,19+,20-;17-,19-,20+/m10/s1. The second-order valence-corrected chi connectivity index (χ2v) is 20.0. The average molecular weight is 757 g/mol. The molecule has 0 unspecified atom stereocenters. The number of unbranched alkanes of at least 4 members (excludes halogenated alkanes) is 4. The van der Waals surface area contributed by atoms with E-state index in [0.717, 1.165) is 47.3 Å². The first kappa shape index (κ1) is 44.2. The molecule has 2 saturated carbocycles. The normalized spacial score (nSPS) is 24.0. The molecule has 2 aromatic carbocycles. The van der Waals surface area contributed by atoms with E-state index in [2.05, 4.69) is 105 Å². The Morgan fingerprint density at radius 2 is 0.840 bits per heavy atom. The lowest BCUT2D eigenvalue weighted by Crippen LogP contribution is -2.27. The van der Waals surface area contributed by atoms with Crippen molar-refractivity contribution in [3.05, 3.63) is 46.5 Å². The Hall–Kier alpha value is -0.160. The van der Waals surface area contributed by atoms with E-state index < -0.39 is 0 Å². The van der Waals surface area contributed by atoms with Gasteiger partial charge in [-0.2, -0.15) is 0 Å². The third kappa shape index (κ3) is 12.4. The fourth-order valence-corrected chi connectivity index (χ4v) is 12.4. The van der Waals surface area contributed by atoms with Crippen molar-refractivity contribution in [2.45, 2.75) is 177 Å². The number of aryl methyl sites for hydroxylation is 2. The molecule has 0 radical (unpaired) electrons. The van der Waals surface area contributed by atoms with Crippen molar-refractivity contribution in [1.82, 2.24) is 0 Å². The Balaban J connectivity index is 0.000000270. The summed E-state index contributed by atoms with van der Waals surface area (Å²) in [4.78, 5) is 6.23. The molecule has 50 heavy (non-hydrogen) atoms. The average Bonchev–Trinajstić information content (AvgIpc) is 3.10. The highest BCUT2D eigenvalue weighted by atomic mass is 32.2. The van der Waals surface area contributed by atoms with Crippen molar-refractivity contribution < 1.29 is 0 Å². The van der Waals surface area contributed by atoms with Gasteiger partial charge in [0, 0.05) is 19.6 Å². The van der Waals surface area contributed by atoms with E-state index in [0.29, 0.717) is 0 Å². The highest BCUT2D eigenvalue weighted by molar-refractivity contribution is 7.99. The maximum atomic E-state index is 2.52. The van der Waals surface area contributed by atoms with Crippen molar-refractivity contribution in [3.63, 3.8) is 0 Å². The molecule has 0 bridgehead atoms. The largest absolute Gasteiger partial charge is 0.129 e. The molecule has 4 heteroatoms. The monoisotopic (exact) mass is 756 g/mol. The molecule has 0 amide bonds. The molecule has 0 aromatic heterocycles. The van der Waals surface area contributed by atoms with Crippen LogP contribution in [0.3, 0.4) is 0 Å². The summed E-state index contributed by atoms with van der Waals surface area (Å²) in [6, 6.07) is 10.1. The predicted molar refractivity (Wildman–Crippen MR) is 235 cm³/mol. The Morgan fingerprint density at radius 1 is 0.520 bits per heavy atom. The van der Waals surface area contributed by atoms with E-state index in [4.69, 9.17) is 0 Å². The maximum Gasteiger partial charge on any atom is 0.0118 e. The van der Waals surface area contributed by atoms with Crippen LogP contribution < -0.4 is 0 Å². The van der Waals surface area contributed by atoms with E-state index >= 15 is 0 Å². The highest BCUT2D eigenvalue weighted by Crippen LogP contribution is 2.50. The molecular weight excluding hydrogens is 681 g/mol. The molecular formula is C46H76S4. The number of rotatable bonds is 16. The van der Waals surface area contributed by atoms with Gasteiger partial charge in [-0.05, 0) is 170 Å². The molecule has 6 atom stereocenters. The summed E-state index contributed by atoms with van der Waals surface area (Å²) >= 11 is 7.89. The summed E-state index contributed by atoms with van der Waals surface area (Å²) in [6.45, 7) is 19.2. The van der Waals surface area contributed by atoms with E-state index in [1.165, 1.54) is 89.9 Å². The van der Waals surface area contributed by atoms with Crippen LogP contribution in [0.2, 0.25) is 0 Å². The van der Waals surface area contributed by atoms with Crippen LogP contribution in [0.5, 0.6) is 0 Å². The van der Waals surface area contributed by atoms with Crippen molar-refractivity contribution in [3.8, 4) is 0 Å². The van der Waals surface area contributed by atoms with Gasteiger partial charge in [-0.25, -0.2) is 0 Å². The minimum absolute atomic E-state index is 0.748. The SMILES string of the molecule is CCCCCc1cc(SC)c([C@@H]2C[C@@H](C)CC[C@H]2C(C)C)c(SC)c1.CCCCCc1cc(SC)c([C@@H]2C[C@H](C)CC[C@H]2C(C)C)c(SC)c1. The second kappa shape index (κ2) is 22.9. The molecule has 0 saturated heterocycles. The highest BCUT2D eigenvalue weighted by Gasteiger charge is 2.35. The predicted octanol–water partition coefficient (Wildman–Crippen LogP) is 16.1. The van der Waals surface area contributed by atoms with Gasteiger partial charge >= 0.3 is 0 Å². The third-order valence-electron chi connectivity index (χ3n) is 12.1. The Bertz CT molecular complexity index is 1120. The quantitative estimate of drug-likeness (QED) is 0.123. The lowest BCUT2D eigenvalue weighted by atomic mass is 9.67. The summed E-state index contributed by atoms with van der Waals surface area (Å²) in [5.41, 5.74) is 6.47. The van der Waals surface area contributed by atoms with Crippen molar-refractivity contribution in [2.24, 2.45) is 35.5 Å². The number of hydrogen-bond donors (Lipinski definition) is 0. The lowest BCUT2D eigenvalue weighted by molar-refractivity contribution is 0.193. The summed E-state index contributed by atoms with van der Waals surface area (Å²) in [6.07, 6.45) is 27.9. The Kier molecular flexibility index (Phi) is 20.3. The van der Waals surface area contributed by atoms with E-state index in [9.17, 15) is 0 Å². The van der Waals surface area contributed by atoms with Gasteiger partial charge in [0.2, 0.25) is 0 Å². The molecule has 0 nitrogen and oxygen atoms in total. The van der Waals surface area contributed by atoms with Gasteiger partial charge in [0.15, 0.2) is 0 Å². The van der Waals surface area contributed by atoms with Gasteiger partial charge in [0.25, 0.3) is 0 Å². The van der Waals surface area contributed by atoms with Crippen LogP contribution in [0.15, 0.2) is 43.8 Å². The zero-order valence-electron chi connectivity index (χ0n) is 34.5. The topological polar surface area (TPSA) is 0 Å². The summed E-state index contributed by atoms with van der Waals surface area (Å²) in [7, 11) is 0. The van der Waals surface area contributed by atoms with E-state index in [-0.39, 0.29) is 0 Å². The van der Waals surface area contributed by atoms with Gasteiger partial charge in [-0.1, -0.05) is 93.9 Å². The molecule has 2 fully saturated rings. The molecule has 0 N–H and O–H groups in total.